The van der Waals surface area contributed by atoms with E-state index in [1.807, 2.05) is 13.8 Å². The van der Waals surface area contributed by atoms with Crippen molar-refractivity contribution in [3.8, 4) is 0 Å². The zero-order chi connectivity index (χ0) is 14.7. The molecule has 0 bridgehead atoms. The number of hydrogen-bond acceptors (Lipinski definition) is 3. The Morgan fingerprint density at radius 3 is 1.41 bits per heavy atom. The molecule has 0 radical (unpaired) electrons. The van der Waals surface area contributed by atoms with Gasteiger partial charge in [-0.2, -0.15) is 0 Å². The molecule has 0 fully saturated rings. The third kappa shape index (κ3) is 47.6. The van der Waals surface area contributed by atoms with Gasteiger partial charge in [0.2, 0.25) is 0 Å². The van der Waals surface area contributed by atoms with Gasteiger partial charge in [-0.15, -0.1) is 0 Å². The SMILES string of the molecule is BrBr.CCCC(=O)CBr.CCCC(C)=O.CO. The summed E-state index contributed by atoms with van der Waals surface area (Å²) in [6.45, 7) is 5.62. The molecule has 0 unspecified atom stereocenters. The van der Waals surface area contributed by atoms with Gasteiger partial charge in [0.15, 0.2) is 0 Å². The lowest BCUT2D eigenvalue weighted by Gasteiger charge is -1.86. The average molecular weight is 443 g/mol. The van der Waals surface area contributed by atoms with Crippen LogP contribution in [0.1, 0.15) is 46.5 Å². The van der Waals surface area contributed by atoms with Gasteiger partial charge in [0.25, 0.3) is 0 Å². The highest BCUT2D eigenvalue weighted by Gasteiger charge is 1.92. The third-order valence-electron chi connectivity index (χ3n) is 1.28. The Balaban J connectivity index is -0.0000000772. The van der Waals surface area contributed by atoms with E-state index in [1.165, 1.54) is 0 Å². The molecule has 3 nitrogen and oxygen atoms in total. The predicted octanol–water partition coefficient (Wildman–Crippen LogP) is 4.43. The first-order valence-corrected chi connectivity index (χ1v) is 10.1. The number of aliphatic hydroxyl groups excluding tert-OH is 1. The number of hydrogen-bond donors (Lipinski definition) is 1. The van der Waals surface area contributed by atoms with Crippen molar-refractivity contribution in [1.29, 1.82) is 0 Å². The molecule has 17 heavy (non-hydrogen) atoms. The van der Waals surface area contributed by atoms with Crippen molar-refractivity contribution < 1.29 is 14.7 Å². The van der Waals surface area contributed by atoms with Crippen molar-refractivity contribution in [3.05, 3.63) is 0 Å². The van der Waals surface area contributed by atoms with Crippen LogP contribution >= 0.6 is 44.2 Å². The second-order valence-corrected chi connectivity index (χ2v) is 3.44. The summed E-state index contributed by atoms with van der Waals surface area (Å²) >= 11 is 8.57. The van der Waals surface area contributed by atoms with E-state index in [-0.39, 0.29) is 5.78 Å². The van der Waals surface area contributed by atoms with Crippen LogP contribution in [0.4, 0.5) is 0 Å². The lowest BCUT2D eigenvalue weighted by molar-refractivity contribution is -0.117. The highest BCUT2D eigenvalue weighted by atomic mass is 80.9. The van der Waals surface area contributed by atoms with Crippen LogP contribution in [-0.4, -0.2) is 29.1 Å². The molecule has 0 aromatic heterocycles. The van der Waals surface area contributed by atoms with Crippen LogP contribution in [0.2, 0.25) is 0 Å². The van der Waals surface area contributed by atoms with Gasteiger partial charge >= 0.3 is 0 Å². The summed E-state index contributed by atoms with van der Waals surface area (Å²) in [6.07, 6.45) is 3.39. The molecule has 1 N–H and O–H groups in total. The van der Waals surface area contributed by atoms with Gasteiger partial charge in [0.1, 0.15) is 11.6 Å². The van der Waals surface area contributed by atoms with Crippen LogP contribution in [0.3, 0.4) is 0 Å². The van der Waals surface area contributed by atoms with E-state index < -0.39 is 0 Å². The second-order valence-electron chi connectivity index (χ2n) is 2.87. The maximum absolute atomic E-state index is 10.4. The van der Waals surface area contributed by atoms with Crippen molar-refractivity contribution in [2.75, 3.05) is 12.4 Å². The number of ketones is 2. The van der Waals surface area contributed by atoms with Gasteiger partial charge in [0, 0.05) is 48.2 Å². The zero-order valence-corrected chi connectivity index (χ0v) is 15.7. The molecule has 0 aromatic rings. The Morgan fingerprint density at radius 1 is 1.00 bits per heavy atom. The first kappa shape index (κ1) is 26.3. The Morgan fingerprint density at radius 2 is 1.35 bits per heavy atom. The minimum absolute atomic E-state index is 0.289. The standard InChI is InChI=1S/C5H9BrO.C5H10O.CH4O.Br2/c1-2-3-5(7)4-6;1-3-4-5(2)6;2*1-2/h2-4H2,1H3;3-4H2,1-2H3;2H,1H3;. The number of alkyl halides is 1. The highest BCUT2D eigenvalue weighted by molar-refractivity contribution is 9.93. The van der Waals surface area contributed by atoms with Gasteiger partial charge in [-0.3, -0.25) is 4.79 Å². The maximum Gasteiger partial charge on any atom is 0.143 e. The van der Waals surface area contributed by atoms with E-state index in [1.54, 1.807) is 6.92 Å². The van der Waals surface area contributed by atoms with E-state index in [0.29, 0.717) is 17.5 Å². The topological polar surface area (TPSA) is 54.4 Å². The van der Waals surface area contributed by atoms with Gasteiger partial charge in [-0.05, 0) is 19.8 Å². The highest BCUT2D eigenvalue weighted by Crippen LogP contribution is 1.91. The molecule has 6 heteroatoms. The molecule has 0 heterocycles. The van der Waals surface area contributed by atoms with Crippen LogP contribution < -0.4 is 0 Å². The molecular weight excluding hydrogens is 420 g/mol. The Bertz CT molecular complexity index is 153. The molecule has 0 saturated carbocycles. The van der Waals surface area contributed by atoms with Crippen LogP contribution in [-0.2, 0) is 9.59 Å². The summed E-state index contributed by atoms with van der Waals surface area (Å²) in [5.74, 6) is 0.583. The van der Waals surface area contributed by atoms with E-state index in [2.05, 4.69) is 44.2 Å². The number of Topliss-reactive ketones (excluding diaryl/α,β-unsaturated/α-hetero) is 2. The molecule has 0 aliphatic carbocycles. The van der Waals surface area contributed by atoms with Gasteiger partial charge < -0.3 is 9.90 Å². The summed E-state index contributed by atoms with van der Waals surface area (Å²) < 4.78 is 0. The molecule has 0 aliphatic heterocycles. The van der Waals surface area contributed by atoms with E-state index in [0.717, 1.165) is 26.4 Å². The van der Waals surface area contributed by atoms with Crippen molar-refractivity contribution >= 4 is 55.8 Å². The van der Waals surface area contributed by atoms with Crippen LogP contribution in [0.5, 0.6) is 0 Å². The second kappa shape index (κ2) is 30.1. The average Bonchev–Trinajstić information content (AvgIpc) is 2.35. The number of carbonyl (C=O) groups is 2. The Kier molecular flexibility index (Phi) is 46.6. The van der Waals surface area contributed by atoms with E-state index in [9.17, 15) is 9.59 Å². The molecule has 0 amide bonds. The summed E-state index contributed by atoms with van der Waals surface area (Å²) in [5, 5.41) is 7.51. The van der Waals surface area contributed by atoms with Crippen molar-refractivity contribution in [2.24, 2.45) is 0 Å². The molecule has 0 saturated heterocycles. The molecule has 0 spiro atoms. The lowest BCUT2D eigenvalue weighted by atomic mass is 10.3. The van der Waals surface area contributed by atoms with Crippen LogP contribution in [0, 0.1) is 0 Å². The fourth-order valence-electron chi connectivity index (χ4n) is 0.698. The van der Waals surface area contributed by atoms with Gasteiger partial charge in [-0.1, -0.05) is 29.8 Å². The quantitative estimate of drug-likeness (QED) is 0.641. The number of aliphatic hydroxyl groups is 1. The Labute approximate surface area is 129 Å². The summed E-state index contributed by atoms with van der Waals surface area (Å²) in [7, 11) is 1.00. The molecule has 106 valence electrons. The zero-order valence-electron chi connectivity index (χ0n) is 10.9. The number of rotatable bonds is 5. The van der Waals surface area contributed by atoms with Crippen LogP contribution in [0.25, 0.3) is 0 Å². The third-order valence-corrected chi connectivity index (χ3v) is 1.91. The van der Waals surface area contributed by atoms with E-state index in [4.69, 9.17) is 5.11 Å². The fraction of sp³-hybridized carbons (Fsp3) is 0.818. The first-order valence-electron chi connectivity index (χ1n) is 5.24. The fourth-order valence-corrected chi connectivity index (χ4v) is 0.978. The minimum Gasteiger partial charge on any atom is -0.400 e. The molecule has 0 aliphatic rings. The number of carbonyl (C=O) groups excluding carboxylic acids is 2. The van der Waals surface area contributed by atoms with Crippen molar-refractivity contribution in [2.45, 2.75) is 46.5 Å². The smallest absolute Gasteiger partial charge is 0.143 e. The molecular formula is C11H23Br3O3. The minimum atomic E-state index is 0.289. The normalized spacial score (nSPS) is 7.29. The summed E-state index contributed by atoms with van der Waals surface area (Å²) in [4.78, 5) is 20.4. The maximum atomic E-state index is 10.4. The largest absolute Gasteiger partial charge is 0.400 e. The van der Waals surface area contributed by atoms with Crippen molar-refractivity contribution in [1.82, 2.24) is 0 Å². The predicted molar refractivity (Wildman–Crippen MR) is 85.3 cm³/mol. The summed E-state index contributed by atoms with van der Waals surface area (Å²) in [6, 6.07) is 0. The monoisotopic (exact) mass is 440 g/mol. The number of halogens is 3. The molecule has 0 atom stereocenters. The molecule has 0 rings (SSSR count). The van der Waals surface area contributed by atoms with Crippen LogP contribution in [0.15, 0.2) is 0 Å². The van der Waals surface area contributed by atoms with E-state index >= 15 is 0 Å². The van der Waals surface area contributed by atoms with Gasteiger partial charge in [0.05, 0.1) is 5.33 Å². The van der Waals surface area contributed by atoms with Gasteiger partial charge in [-0.25, -0.2) is 0 Å². The lowest BCUT2D eigenvalue weighted by Crippen LogP contribution is -1.95. The first-order chi connectivity index (χ1) is 8.08. The molecule has 0 aromatic carbocycles. The Hall–Kier alpha value is 0.740. The summed E-state index contributed by atoms with van der Waals surface area (Å²) in [5.41, 5.74) is 0. The van der Waals surface area contributed by atoms with Crippen molar-refractivity contribution in [3.63, 3.8) is 0 Å².